The van der Waals surface area contributed by atoms with E-state index in [0.717, 1.165) is 15.3 Å². The molecule has 1 fully saturated rings. The number of carbonyl (C=O) groups excluding carboxylic acids is 1. The standard InChI is InChI=1S/C22H24ClN3O4S2/c1-14(2)32(28,29)16-6-4-5-15(13-16)21(27)25-9-11-26(12-10-25)22-24-19-18(30-3)8-7-17(23)20(19)31-22/h4-8,13-14H,9-12H2,1-3H3. The van der Waals surface area contributed by atoms with Gasteiger partial charge in [-0.3, -0.25) is 4.79 Å². The first kappa shape index (κ1) is 22.8. The van der Waals surface area contributed by atoms with Crippen molar-refractivity contribution in [1.82, 2.24) is 9.88 Å². The number of nitrogens with zero attached hydrogens (tertiary/aromatic N) is 3. The van der Waals surface area contributed by atoms with Crippen LogP contribution in [-0.4, -0.2) is 62.7 Å². The molecule has 1 amide bonds. The minimum atomic E-state index is -3.44. The summed E-state index contributed by atoms with van der Waals surface area (Å²) in [5.74, 6) is 0.511. The molecule has 0 N–H and O–H groups in total. The van der Waals surface area contributed by atoms with Crippen LogP contribution in [-0.2, 0) is 9.84 Å². The summed E-state index contributed by atoms with van der Waals surface area (Å²) in [6, 6.07) is 9.91. The van der Waals surface area contributed by atoms with Crippen LogP contribution < -0.4 is 9.64 Å². The van der Waals surface area contributed by atoms with Gasteiger partial charge in [0.05, 0.1) is 27.0 Å². The fourth-order valence-corrected chi connectivity index (χ4v) is 6.01. The van der Waals surface area contributed by atoms with Crippen LogP contribution in [0.4, 0.5) is 5.13 Å². The van der Waals surface area contributed by atoms with E-state index in [1.165, 1.54) is 23.5 Å². The summed E-state index contributed by atoms with van der Waals surface area (Å²) in [6.07, 6.45) is 0. The maximum Gasteiger partial charge on any atom is 0.254 e. The number of hydrogen-bond acceptors (Lipinski definition) is 7. The monoisotopic (exact) mass is 493 g/mol. The van der Waals surface area contributed by atoms with E-state index < -0.39 is 15.1 Å². The van der Waals surface area contributed by atoms with Crippen molar-refractivity contribution in [2.75, 3.05) is 38.2 Å². The number of thiazole rings is 1. The van der Waals surface area contributed by atoms with Gasteiger partial charge in [-0.1, -0.05) is 29.0 Å². The van der Waals surface area contributed by atoms with Gasteiger partial charge in [-0.25, -0.2) is 13.4 Å². The Bertz CT molecular complexity index is 1270. The average Bonchev–Trinajstić information content (AvgIpc) is 3.25. The molecule has 4 rings (SSSR count). The van der Waals surface area contributed by atoms with Crippen LogP contribution in [0, 0.1) is 0 Å². The number of hydrogen-bond donors (Lipinski definition) is 0. The highest BCUT2D eigenvalue weighted by Crippen LogP contribution is 2.38. The summed E-state index contributed by atoms with van der Waals surface area (Å²) in [6.45, 7) is 5.54. The molecular formula is C22H24ClN3O4S2. The molecule has 7 nitrogen and oxygen atoms in total. The SMILES string of the molecule is COc1ccc(Cl)c2sc(N3CCN(C(=O)c4cccc(S(=O)(=O)C(C)C)c4)CC3)nc12. The lowest BCUT2D eigenvalue weighted by Crippen LogP contribution is -2.48. The molecule has 0 atom stereocenters. The molecule has 1 aromatic heterocycles. The van der Waals surface area contributed by atoms with Gasteiger partial charge in [0.25, 0.3) is 5.91 Å². The first-order valence-electron chi connectivity index (χ1n) is 10.2. The number of rotatable bonds is 5. The predicted molar refractivity (Wildman–Crippen MR) is 128 cm³/mol. The molecule has 3 aromatic rings. The van der Waals surface area contributed by atoms with E-state index in [2.05, 4.69) is 4.90 Å². The normalized spacial score (nSPS) is 14.9. The van der Waals surface area contributed by atoms with Gasteiger partial charge in [0.15, 0.2) is 15.0 Å². The highest BCUT2D eigenvalue weighted by molar-refractivity contribution is 7.92. The van der Waals surface area contributed by atoms with E-state index in [1.807, 2.05) is 0 Å². The van der Waals surface area contributed by atoms with Crippen molar-refractivity contribution in [2.24, 2.45) is 0 Å². The number of carbonyl (C=O) groups is 1. The van der Waals surface area contributed by atoms with E-state index in [4.69, 9.17) is 21.3 Å². The Morgan fingerprint density at radius 1 is 1.16 bits per heavy atom. The van der Waals surface area contributed by atoms with Gasteiger partial charge < -0.3 is 14.5 Å². The second-order valence-corrected chi connectivity index (χ2v) is 11.7. The van der Waals surface area contributed by atoms with Crippen molar-refractivity contribution in [3.63, 3.8) is 0 Å². The molecule has 1 saturated heterocycles. The molecule has 1 aliphatic rings. The quantitative estimate of drug-likeness (QED) is 0.532. The molecule has 0 unspecified atom stereocenters. The molecule has 0 radical (unpaired) electrons. The lowest BCUT2D eigenvalue weighted by atomic mass is 10.2. The highest BCUT2D eigenvalue weighted by atomic mass is 35.5. The predicted octanol–water partition coefficient (Wildman–Crippen LogP) is 4.10. The maximum atomic E-state index is 13.0. The molecule has 0 bridgehead atoms. The third kappa shape index (κ3) is 4.16. The van der Waals surface area contributed by atoms with Crippen LogP contribution >= 0.6 is 22.9 Å². The van der Waals surface area contributed by atoms with E-state index in [1.54, 1.807) is 50.1 Å². The molecule has 0 spiro atoms. The van der Waals surface area contributed by atoms with Crippen LogP contribution in [0.3, 0.4) is 0 Å². The van der Waals surface area contributed by atoms with E-state index in [-0.39, 0.29) is 10.8 Å². The molecule has 0 saturated carbocycles. The van der Waals surface area contributed by atoms with Crippen molar-refractivity contribution in [3.05, 3.63) is 47.0 Å². The zero-order valence-electron chi connectivity index (χ0n) is 18.0. The Labute approximate surface area is 196 Å². The smallest absolute Gasteiger partial charge is 0.254 e. The van der Waals surface area contributed by atoms with Gasteiger partial charge in [0.2, 0.25) is 0 Å². The van der Waals surface area contributed by atoms with Crippen molar-refractivity contribution < 1.29 is 17.9 Å². The zero-order valence-corrected chi connectivity index (χ0v) is 20.4. The van der Waals surface area contributed by atoms with Crippen molar-refractivity contribution in [1.29, 1.82) is 0 Å². The Morgan fingerprint density at radius 3 is 2.53 bits per heavy atom. The Morgan fingerprint density at radius 2 is 1.88 bits per heavy atom. The molecule has 0 aliphatic carbocycles. The highest BCUT2D eigenvalue weighted by Gasteiger charge is 2.26. The largest absolute Gasteiger partial charge is 0.494 e. The lowest BCUT2D eigenvalue weighted by molar-refractivity contribution is 0.0746. The van der Waals surface area contributed by atoms with Crippen LogP contribution in [0.1, 0.15) is 24.2 Å². The van der Waals surface area contributed by atoms with Crippen LogP contribution in [0.25, 0.3) is 10.2 Å². The van der Waals surface area contributed by atoms with Gasteiger partial charge in [0, 0.05) is 31.7 Å². The zero-order chi connectivity index (χ0) is 23.0. The van der Waals surface area contributed by atoms with Gasteiger partial charge >= 0.3 is 0 Å². The van der Waals surface area contributed by atoms with E-state index >= 15 is 0 Å². The number of amides is 1. The number of benzene rings is 2. The molecule has 1 aliphatic heterocycles. The fraction of sp³-hybridized carbons (Fsp3) is 0.364. The average molecular weight is 494 g/mol. The third-order valence-corrected chi connectivity index (χ3v) is 9.26. The van der Waals surface area contributed by atoms with Crippen LogP contribution in [0.15, 0.2) is 41.3 Å². The maximum absolute atomic E-state index is 13.0. The van der Waals surface area contributed by atoms with Gasteiger partial charge in [0.1, 0.15) is 11.3 Å². The number of ether oxygens (including phenoxy) is 1. The summed E-state index contributed by atoms with van der Waals surface area (Å²) in [7, 11) is -1.83. The van der Waals surface area contributed by atoms with E-state index in [0.29, 0.717) is 42.5 Å². The van der Waals surface area contributed by atoms with Crippen molar-refractivity contribution in [2.45, 2.75) is 24.0 Å². The Kier molecular flexibility index (Phi) is 6.33. The molecule has 32 heavy (non-hydrogen) atoms. The van der Waals surface area contributed by atoms with Crippen LogP contribution in [0.5, 0.6) is 5.75 Å². The van der Waals surface area contributed by atoms with Gasteiger partial charge in [-0.15, -0.1) is 0 Å². The fourth-order valence-electron chi connectivity index (χ4n) is 3.60. The third-order valence-electron chi connectivity index (χ3n) is 5.53. The lowest BCUT2D eigenvalue weighted by Gasteiger charge is -2.34. The minimum Gasteiger partial charge on any atom is -0.494 e. The number of anilines is 1. The molecule has 10 heteroatoms. The number of halogens is 1. The summed E-state index contributed by atoms with van der Waals surface area (Å²) in [4.78, 5) is 21.8. The molecular weight excluding hydrogens is 470 g/mol. The topological polar surface area (TPSA) is 79.8 Å². The Balaban J connectivity index is 1.49. The summed E-state index contributed by atoms with van der Waals surface area (Å²) in [5.41, 5.74) is 1.12. The second-order valence-electron chi connectivity index (χ2n) is 7.82. The summed E-state index contributed by atoms with van der Waals surface area (Å²) in [5, 5.41) is 0.926. The van der Waals surface area contributed by atoms with Crippen LogP contribution in [0.2, 0.25) is 5.02 Å². The summed E-state index contributed by atoms with van der Waals surface area (Å²) < 4.78 is 31.2. The summed E-state index contributed by atoms with van der Waals surface area (Å²) >= 11 is 7.84. The van der Waals surface area contributed by atoms with E-state index in [9.17, 15) is 13.2 Å². The van der Waals surface area contributed by atoms with Crippen molar-refractivity contribution >= 4 is 54.0 Å². The van der Waals surface area contributed by atoms with Gasteiger partial charge in [-0.2, -0.15) is 0 Å². The number of sulfone groups is 1. The second kappa shape index (κ2) is 8.88. The van der Waals surface area contributed by atoms with Gasteiger partial charge in [-0.05, 0) is 44.2 Å². The minimum absolute atomic E-state index is 0.167. The van der Waals surface area contributed by atoms with Crippen molar-refractivity contribution in [3.8, 4) is 5.75 Å². The first-order chi connectivity index (χ1) is 15.2. The number of piperazine rings is 1. The Hall–Kier alpha value is -2.36. The first-order valence-corrected chi connectivity index (χ1v) is 13.0. The molecule has 170 valence electrons. The molecule has 2 aromatic carbocycles. The number of methoxy groups -OCH3 is 1. The molecule has 2 heterocycles. The number of fused-ring (bicyclic) bond motifs is 1. The number of aromatic nitrogens is 1.